The fraction of sp³-hybridized carbons (Fsp3) is 0.158. The molecule has 0 N–H and O–H groups in total. The molecule has 134 valence electrons. The molecule has 0 radical (unpaired) electrons. The van der Waals surface area contributed by atoms with E-state index in [1.54, 1.807) is 42.5 Å². The zero-order valence-corrected chi connectivity index (χ0v) is 15.2. The molecule has 0 aromatic heterocycles. The van der Waals surface area contributed by atoms with Crippen molar-refractivity contribution in [1.29, 1.82) is 0 Å². The van der Waals surface area contributed by atoms with Crippen molar-refractivity contribution >= 4 is 29.5 Å². The number of nitrogens with zero attached hydrogens (tertiary/aromatic N) is 1. The summed E-state index contributed by atoms with van der Waals surface area (Å²) in [5.41, 5.74) is 1.44. The maximum Gasteiger partial charge on any atom is 0.363 e. The fourth-order valence-corrected chi connectivity index (χ4v) is 2.69. The molecule has 6 nitrogen and oxygen atoms in total. The highest BCUT2D eigenvalue weighted by atomic mass is 35.5. The minimum atomic E-state index is -0.547. The van der Waals surface area contributed by atoms with Crippen LogP contribution in [0.1, 0.15) is 11.1 Å². The van der Waals surface area contributed by atoms with E-state index in [2.05, 4.69) is 4.99 Å². The zero-order valence-electron chi connectivity index (χ0n) is 14.4. The lowest BCUT2D eigenvalue weighted by Gasteiger charge is -2.12. The molecule has 3 rings (SSSR count). The van der Waals surface area contributed by atoms with Gasteiger partial charge in [-0.3, -0.25) is 0 Å². The molecule has 1 heterocycles. The molecule has 2 aromatic carbocycles. The third-order valence-electron chi connectivity index (χ3n) is 3.68. The van der Waals surface area contributed by atoms with Crippen LogP contribution in [0.15, 0.2) is 47.1 Å². The molecule has 0 fully saturated rings. The summed E-state index contributed by atoms with van der Waals surface area (Å²) in [7, 11) is 4.56. The van der Waals surface area contributed by atoms with Gasteiger partial charge in [-0.05, 0) is 42.0 Å². The number of hydrogen-bond donors (Lipinski definition) is 0. The molecule has 0 atom stereocenters. The van der Waals surface area contributed by atoms with Crippen LogP contribution in [0.3, 0.4) is 0 Å². The van der Waals surface area contributed by atoms with Crippen molar-refractivity contribution in [3.63, 3.8) is 0 Å². The second-order valence-electron chi connectivity index (χ2n) is 5.31. The van der Waals surface area contributed by atoms with Gasteiger partial charge in [0.05, 0.1) is 21.3 Å². The van der Waals surface area contributed by atoms with E-state index in [0.29, 0.717) is 33.4 Å². The van der Waals surface area contributed by atoms with Gasteiger partial charge in [0, 0.05) is 10.6 Å². The van der Waals surface area contributed by atoms with Crippen LogP contribution in [-0.2, 0) is 9.53 Å². The molecule has 0 aliphatic carbocycles. The van der Waals surface area contributed by atoms with Crippen molar-refractivity contribution in [2.24, 2.45) is 4.99 Å². The van der Waals surface area contributed by atoms with E-state index in [9.17, 15) is 4.79 Å². The van der Waals surface area contributed by atoms with E-state index in [1.165, 1.54) is 21.3 Å². The molecule has 1 aliphatic rings. The number of cyclic esters (lactones) is 1. The first kappa shape index (κ1) is 17.8. The van der Waals surface area contributed by atoms with Crippen molar-refractivity contribution < 1.29 is 23.7 Å². The van der Waals surface area contributed by atoms with Gasteiger partial charge in [0.1, 0.15) is 0 Å². The van der Waals surface area contributed by atoms with E-state index < -0.39 is 5.97 Å². The molecule has 0 saturated heterocycles. The van der Waals surface area contributed by atoms with Crippen LogP contribution < -0.4 is 14.2 Å². The van der Waals surface area contributed by atoms with E-state index >= 15 is 0 Å². The summed E-state index contributed by atoms with van der Waals surface area (Å²) in [4.78, 5) is 16.4. The Bertz CT molecular complexity index is 895. The Labute approximate surface area is 155 Å². The normalized spacial score (nSPS) is 14.8. The minimum absolute atomic E-state index is 0.161. The molecule has 7 heteroatoms. The molecule has 0 amide bonds. The van der Waals surface area contributed by atoms with Crippen molar-refractivity contribution in [2.75, 3.05) is 21.3 Å². The molecule has 0 saturated carbocycles. The Kier molecular flexibility index (Phi) is 5.14. The average Bonchev–Trinajstić information content (AvgIpc) is 3.01. The van der Waals surface area contributed by atoms with Gasteiger partial charge < -0.3 is 18.9 Å². The third kappa shape index (κ3) is 3.50. The van der Waals surface area contributed by atoms with Crippen molar-refractivity contribution in [1.82, 2.24) is 0 Å². The highest BCUT2D eigenvalue weighted by Crippen LogP contribution is 2.39. The molecule has 1 aliphatic heterocycles. The molecular formula is C19H16ClNO5. The average molecular weight is 374 g/mol. The first-order chi connectivity index (χ1) is 12.5. The predicted molar refractivity (Wildman–Crippen MR) is 98.2 cm³/mol. The van der Waals surface area contributed by atoms with Crippen molar-refractivity contribution in [2.45, 2.75) is 0 Å². The summed E-state index contributed by atoms with van der Waals surface area (Å²) >= 11 is 5.97. The van der Waals surface area contributed by atoms with Crippen LogP contribution in [-0.4, -0.2) is 33.2 Å². The number of ether oxygens (including phenoxy) is 4. The quantitative estimate of drug-likeness (QED) is 0.590. The Morgan fingerprint density at radius 2 is 1.73 bits per heavy atom. The number of halogens is 1. The second-order valence-corrected chi connectivity index (χ2v) is 5.74. The smallest absolute Gasteiger partial charge is 0.363 e. The second kappa shape index (κ2) is 7.49. The van der Waals surface area contributed by atoms with Gasteiger partial charge in [0.2, 0.25) is 11.6 Å². The van der Waals surface area contributed by atoms with Crippen LogP contribution in [0, 0.1) is 0 Å². The summed E-state index contributed by atoms with van der Waals surface area (Å²) in [5.74, 6) is 1.08. The Balaban J connectivity index is 2.00. The number of rotatable bonds is 5. The van der Waals surface area contributed by atoms with Crippen molar-refractivity contribution in [3.8, 4) is 17.2 Å². The van der Waals surface area contributed by atoms with Gasteiger partial charge in [0.25, 0.3) is 0 Å². The maximum absolute atomic E-state index is 12.2. The summed E-state index contributed by atoms with van der Waals surface area (Å²) in [6.45, 7) is 0. The highest BCUT2D eigenvalue weighted by molar-refractivity contribution is 6.31. The first-order valence-corrected chi connectivity index (χ1v) is 8.02. The van der Waals surface area contributed by atoms with E-state index in [4.69, 9.17) is 30.5 Å². The molecule has 2 aromatic rings. The number of carbonyl (C=O) groups is 1. The summed E-state index contributed by atoms with van der Waals surface area (Å²) in [6.07, 6.45) is 1.59. The molecule has 26 heavy (non-hydrogen) atoms. The van der Waals surface area contributed by atoms with Gasteiger partial charge in [-0.15, -0.1) is 0 Å². The number of hydrogen-bond acceptors (Lipinski definition) is 6. The summed E-state index contributed by atoms with van der Waals surface area (Å²) in [5, 5.41) is 0.531. The molecule has 0 bridgehead atoms. The van der Waals surface area contributed by atoms with Crippen LogP contribution in [0.25, 0.3) is 6.08 Å². The lowest BCUT2D eigenvalue weighted by Crippen LogP contribution is -2.05. The lowest BCUT2D eigenvalue weighted by atomic mass is 10.1. The summed E-state index contributed by atoms with van der Waals surface area (Å²) in [6, 6.07) is 10.4. The summed E-state index contributed by atoms with van der Waals surface area (Å²) < 4.78 is 21.2. The van der Waals surface area contributed by atoms with Crippen molar-refractivity contribution in [3.05, 3.63) is 58.2 Å². The third-order valence-corrected chi connectivity index (χ3v) is 3.92. The molecule has 0 spiro atoms. The topological polar surface area (TPSA) is 66.4 Å². The number of aliphatic imine (C=N–C) groups is 1. The Hall–Kier alpha value is -2.99. The van der Waals surface area contributed by atoms with Gasteiger partial charge >= 0.3 is 5.97 Å². The number of esters is 1. The van der Waals surface area contributed by atoms with Gasteiger partial charge in [-0.1, -0.05) is 17.7 Å². The molecule has 0 unspecified atom stereocenters. The fourth-order valence-electron chi connectivity index (χ4n) is 2.50. The van der Waals surface area contributed by atoms with Crippen LogP contribution in [0.4, 0.5) is 0 Å². The maximum atomic E-state index is 12.2. The van der Waals surface area contributed by atoms with Gasteiger partial charge in [-0.2, -0.15) is 0 Å². The van der Waals surface area contributed by atoms with Crippen LogP contribution in [0.5, 0.6) is 17.2 Å². The number of methoxy groups -OCH3 is 3. The van der Waals surface area contributed by atoms with E-state index in [1.807, 2.05) is 0 Å². The largest absolute Gasteiger partial charge is 0.493 e. The monoisotopic (exact) mass is 373 g/mol. The zero-order chi connectivity index (χ0) is 18.7. The Morgan fingerprint density at radius 1 is 1.04 bits per heavy atom. The van der Waals surface area contributed by atoms with Crippen LogP contribution >= 0.6 is 11.6 Å². The lowest BCUT2D eigenvalue weighted by molar-refractivity contribution is -0.129. The number of carbonyl (C=O) groups excluding carboxylic acids is 1. The molecular weight excluding hydrogens is 358 g/mol. The number of benzene rings is 2. The predicted octanol–water partition coefficient (Wildman–Crippen LogP) is 3.71. The standard InChI is InChI=1S/C19H16ClNO5/c1-23-15-8-11(9-16(24-2)17(15)25-3)7-14-19(22)26-18(21-14)12-5-4-6-13(20)10-12/h4-10H,1-3H3/b14-7+. The Morgan fingerprint density at radius 3 is 2.31 bits per heavy atom. The van der Waals surface area contributed by atoms with Gasteiger partial charge in [-0.25, -0.2) is 9.79 Å². The van der Waals surface area contributed by atoms with Crippen LogP contribution in [0.2, 0.25) is 5.02 Å². The minimum Gasteiger partial charge on any atom is -0.493 e. The van der Waals surface area contributed by atoms with E-state index in [0.717, 1.165) is 0 Å². The van der Waals surface area contributed by atoms with E-state index in [-0.39, 0.29) is 11.6 Å². The first-order valence-electron chi connectivity index (χ1n) is 7.64. The van der Waals surface area contributed by atoms with Gasteiger partial charge in [0.15, 0.2) is 17.2 Å². The highest BCUT2D eigenvalue weighted by Gasteiger charge is 2.24. The SMILES string of the molecule is COc1cc(/C=C2/N=C(c3cccc(Cl)c3)OC2=O)cc(OC)c1OC.